The summed E-state index contributed by atoms with van der Waals surface area (Å²) in [5, 5.41) is 0. The summed E-state index contributed by atoms with van der Waals surface area (Å²) >= 11 is 0. The average molecular weight is 198 g/mol. The Kier molecular flexibility index (Phi) is 4.44. The lowest BCUT2D eigenvalue weighted by atomic mass is 10.2. The van der Waals surface area contributed by atoms with Crippen LogP contribution in [0, 0.1) is 0 Å². The van der Waals surface area contributed by atoms with Crippen LogP contribution in [0.1, 0.15) is 19.8 Å². The molecule has 0 fully saturated rings. The van der Waals surface area contributed by atoms with Gasteiger partial charge in [-0.25, -0.2) is 0 Å². The largest absolute Gasteiger partial charge is 0.466 e. The molecular formula is C7H9F3O3. The van der Waals surface area contributed by atoms with E-state index in [1.54, 1.807) is 0 Å². The zero-order valence-electron chi connectivity index (χ0n) is 6.98. The van der Waals surface area contributed by atoms with Crippen LogP contribution >= 0.6 is 0 Å². The summed E-state index contributed by atoms with van der Waals surface area (Å²) in [6.45, 7) is 1.56. The quantitative estimate of drug-likeness (QED) is 0.507. The van der Waals surface area contributed by atoms with Gasteiger partial charge in [-0.2, -0.15) is 13.2 Å². The molecule has 0 radical (unpaired) electrons. The lowest BCUT2D eigenvalue weighted by molar-refractivity contribution is -0.156. The number of halogens is 3. The molecule has 0 heterocycles. The fourth-order valence-electron chi connectivity index (χ4n) is 0.659. The van der Waals surface area contributed by atoms with Gasteiger partial charge in [0.15, 0.2) is 5.78 Å². The summed E-state index contributed by atoms with van der Waals surface area (Å²) in [5.41, 5.74) is 0. The highest BCUT2D eigenvalue weighted by atomic mass is 19.4. The molecule has 0 aliphatic rings. The van der Waals surface area contributed by atoms with E-state index < -0.39 is 30.8 Å². The molecule has 0 atom stereocenters. The molecule has 0 spiro atoms. The molecule has 0 aromatic carbocycles. The van der Waals surface area contributed by atoms with E-state index in [9.17, 15) is 22.8 Å². The third-order valence-corrected chi connectivity index (χ3v) is 1.04. The Morgan fingerprint density at radius 1 is 1.31 bits per heavy atom. The van der Waals surface area contributed by atoms with Crippen LogP contribution in [0.5, 0.6) is 0 Å². The van der Waals surface area contributed by atoms with E-state index in [1.807, 2.05) is 0 Å². The van der Waals surface area contributed by atoms with Crippen molar-refractivity contribution in [2.45, 2.75) is 25.9 Å². The molecule has 0 amide bonds. The van der Waals surface area contributed by atoms with E-state index in [4.69, 9.17) is 0 Å². The monoisotopic (exact) mass is 198 g/mol. The number of ketones is 1. The maximum atomic E-state index is 11.6. The van der Waals surface area contributed by atoms with Crippen molar-refractivity contribution in [1.82, 2.24) is 0 Å². The topological polar surface area (TPSA) is 43.4 Å². The smallest absolute Gasteiger partial charge is 0.395 e. The predicted molar refractivity (Wildman–Crippen MR) is 36.9 cm³/mol. The molecule has 0 bridgehead atoms. The highest BCUT2D eigenvalue weighted by Crippen LogP contribution is 2.20. The number of alkyl halides is 3. The van der Waals surface area contributed by atoms with Crippen molar-refractivity contribution in [3.8, 4) is 0 Å². The highest BCUT2D eigenvalue weighted by molar-refractivity contribution is 5.95. The van der Waals surface area contributed by atoms with Crippen molar-refractivity contribution in [1.29, 1.82) is 0 Å². The zero-order chi connectivity index (χ0) is 10.5. The number of carbonyl (C=O) groups excluding carboxylic acids is 2. The van der Waals surface area contributed by atoms with Crippen molar-refractivity contribution in [3.05, 3.63) is 0 Å². The Labute approximate surface area is 72.9 Å². The second kappa shape index (κ2) is 4.84. The van der Waals surface area contributed by atoms with Gasteiger partial charge in [-0.1, -0.05) is 0 Å². The van der Waals surface area contributed by atoms with Crippen LogP contribution in [0.25, 0.3) is 0 Å². The molecule has 76 valence electrons. The summed E-state index contributed by atoms with van der Waals surface area (Å²) < 4.78 is 39.0. The first-order valence-electron chi connectivity index (χ1n) is 3.59. The third-order valence-electron chi connectivity index (χ3n) is 1.04. The number of ether oxygens (including phenoxy) is 1. The van der Waals surface area contributed by atoms with E-state index >= 15 is 0 Å². The summed E-state index contributed by atoms with van der Waals surface area (Å²) in [6, 6.07) is 0. The van der Waals surface area contributed by atoms with Crippen LogP contribution in [0.4, 0.5) is 13.2 Å². The molecule has 3 nitrogen and oxygen atoms in total. The summed E-state index contributed by atoms with van der Waals surface area (Å²) in [6.07, 6.45) is -6.94. The minimum absolute atomic E-state index is 0.0537. The SMILES string of the molecule is CCOC(=O)CC(=O)CC(F)(F)F. The molecule has 0 saturated heterocycles. The number of rotatable bonds is 4. The van der Waals surface area contributed by atoms with Crippen molar-refractivity contribution in [2.24, 2.45) is 0 Å². The van der Waals surface area contributed by atoms with Crippen LogP contribution in [0.15, 0.2) is 0 Å². The Morgan fingerprint density at radius 2 is 1.85 bits per heavy atom. The van der Waals surface area contributed by atoms with E-state index in [2.05, 4.69) is 4.74 Å². The van der Waals surface area contributed by atoms with Crippen molar-refractivity contribution in [2.75, 3.05) is 6.61 Å². The Hall–Kier alpha value is -1.07. The minimum atomic E-state index is -4.55. The Bertz CT molecular complexity index is 198. The molecule has 13 heavy (non-hydrogen) atoms. The first-order valence-corrected chi connectivity index (χ1v) is 3.59. The molecular weight excluding hydrogens is 189 g/mol. The standard InChI is InChI=1S/C7H9F3O3/c1-2-13-6(12)3-5(11)4-7(8,9)10/h2-4H2,1H3. The lowest BCUT2D eigenvalue weighted by Gasteiger charge is -2.04. The van der Waals surface area contributed by atoms with E-state index in [1.165, 1.54) is 6.92 Å². The highest BCUT2D eigenvalue weighted by Gasteiger charge is 2.31. The zero-order valence-corrected chi connectivity index (χ0v) is 6.98. The van der Waals surface area contributed by atoms with Gasteiger partial charge in [-0.15, -0.1) is 0 Å². The lowest BCUT2D eigenvalue weighted by Crippen LogP contribution is -2.18. The normalized spacial score (nSPS) is 11.1. The van der Waals surface area contributed by atoms with Crippen LogP contribution in [0.3, 0.4) is 0 Å². The molecule has 0 unspecified atom stereocenters. The van der Waals surface area contributed by atoms with E-state index in [-0.39, 0.29) is 6.61 Å². The van der Waals surface area contributed by atoms with Crippen LogP contribution in [-0.4, -0.2) is 24.5 Å². The van der Waals surface area contributed by atoms with Crippen LogP contribution < -0.4 is 0 Å². The molecule has 0 aliphatic carbocycles. The molecule has 0 N–H and O–H groups in total. The van der Waals surface area contributed by atoms with Crippen molar-refractivity contribution < 1.29 is 27.5 Å². The first-order chi connectivity index (χ1) is 5.85. The number of esters is 1. The molecule has 0 aromatic rings. The molecule has 6 heteroatoms. The fourth-order valence-corrected chi connectivity index (χ4v) is 0.659. The number of hydrogen-bond acceptors (Lipinski definition) is 3. The van der Waals surface area contributed by atoms with Gasteiger partial charge in [-0.05, 0) is 6.92 Å². The van der Waals surface area contributed by atoms with Gasteiger partial charge in [0.25, 0.3) is 0 Å². The Balaban J connectivity index is 3.82. The second-order valence-electron chi connectivity index (χ2n) is 2.31. The maximum Gasteiger partial charge on any atom is 0.395 e. The van der Waals surface area contributed by atoms with Gasteiger partial charge in [0.05, 0.1) is 6.61 Å². The van der Waals surface area contributed by atoms with Crippen molar-refractivity contribution in [3.63, 3.8) is 0 Å². The second-order valence-corrected chi connectivity index (χ2v) is 2.31. The van der Waals surface area contributed by atoms with Gasteiger partial charge in [0, 0.05) is 0 Å². The third kappa shape index (κ3) is 7.30. The predicted octanol–water partition coefficient (Wildman–Crippen LogP) is 1.46. The first kappa shape index (κ1) is 11.9. The van der Waals surface area contributed by atoms with Gasteiger partial charge < -0.3 is 4.74 Å². The minimum Gasteiger partial charge on any atom is -0.466 e. The fraction of sp³-hybridized carbons (Fsp3) is 0.714. The maximum absolute atomic E-state index is 11.6. The van der Waals surface area contributed by atoms with Crippen LogP contribution in [-0.2, 0) is 14.3 Å². The molecule has 0 aromatic heterocycles. The molecule has 0 aliphatic heterocycles. The average Bonchev–Trinajstić information content (AvgIpc) is 1.81. The van der Waals surface area contributed by atoms with E-state index in [0.717, 1.165) is 0 Å². The van der Waals surface area contributed by atoms with Gasteiger partial charge >= 0.3 is 12.1 Å². The van der Waals surface area contributed by atoms with E-state index in [0.29, 0.717) is 0 Å². The molecule has 0 rings (SSSR count). The Morgan fingerprint density at radius 3 is 2.23 bits per heavy atom. The summed E-state index contributed by atoms with van der Waals surface area (Å²) in [5.74, 6) is -2.09. The van der Waals surface area contributed by atoms with Gasteiger partial charge in [0.2, 0.25) is 0 Å². The molecule has 0 saturated carbocycles. The summed E-state index contributed by atoms with van der Waals surface area (Å²) in [7, 11) is 0. The number of hydrogen-bond donors (Lipinski definition) is 0. The number of carbonyl (C=O) groups is 2. The van der Waals surface area contributed by atoms with Gasteiger partial charge in [-0.3, -0.25) is 9.59 Å². The summed E-state index contributed by atoms with van der Waals surface area (Å²) in [4.78, 5) is 21.1. The van der Waals surface area contributed by atoms with Gasteiger partial charge in [0.1, 0.15) is 12.8 Å². The van der Waals surface area contributed by atoms with Crippen molar-refractivity contribution >= 4 is 11.8 Å². The van der Waals surface area contributed by atoms with Crippen LogP contribution in [0.2, 0.25) is 0 Å². The number of Topliss-reactive ketones (excluding diaryl/α,β-unsaturated/α-hetero) is 1.